The van der Waals surface area contributed by atoms with Crippen LogP contribution in [0.25, 0.3) is 5.57 Å². The molecule has 0 atom stereocenters. The molecule has 0 aliphatic carbocycles. The maximum atomic E-state index is 13.6. The van der Waals surface area contributed by atoms with Gasteiger partial charge in [-0.2, -0.15) is 5.26 Å². The number of carbonyl (C=O) groups excluding carboxylic acids is 2. The average molecular weight is 506 g/mol. The van der Waals surface area contributed by atoms with Gasteiger partial charge in [0, 0.05) is 10.6 Å². The number of halogens is 1. The van der Waals surface area contributed by atoms with Gasteiger partial charge in [0.15, 0.2) is 5.75 Å². The van der Waals surface area contributed by atoms with Crippen molar-refractivity contribution in [1.29, 1.82) is 5.26 Å². The van der Waals surface area contributed by atoms with E-state index in [1.165, 1.54) is 4.90 Å². The van der Waals surface area contributed by atoms with Crippen LogP contribution in [-0.4, -0.2) is 11.8 Å². The van der Waals surface area contributed by atoms with Crippen LogP contribution in [0.1, 0.15) is 11.1 Å². The fourth-order valence-electron chi connectivity index (χ4n) is 4.15. The highest BCUT2D eigenvalue weighted by atomic mass is 35.5. The van der Waals surface area contributed by atoms with Crippen LogP contribution in [0.2, 0.25) is 5.02 Å². The third-order valence-electron chi connectivity index (χ3n) is 5.90. The minimum absolute atomic E-state index is 0.0455. The molecule has 7 heteroatoms. The van der Waals surface area contributed by atoms with Gasteiger partial charge >= 0.3 is 0 Å². The number of rotatable bonds is 6. The molecule has 1 aliphatic rings. The Morgan fingerprint density at radius 2 is 1.57 bits per heavy atom. The summed E-state index contributed by atoms with van der Waals surface area (Å²) >= 11 is 6.34. The molecule has 0 saturated heterocycles. The second-order valence-corrected chi connectivity index (χ2v) is 8.63. The molecular weight excluding hydrogens is 486 g/mol. The second kappa shape index (κ2) is 10.4. The summed E-state index contributed by atoms with van der Waals surface area (Å²) in [7, 11) is 0. The molecule has 5 rings (SSSR count). The highest BCUT2D eigenvalue weighted by molar-refractivity contribution is 6.38. The third kappa shape index (κ3) is 4.81. The summed E-state index contributed by atoms with van der Waals surface area (Å²) in [6.07, 6.45) is 0. The van der Waals surface area contributed by atoms with Crippen LogP contribution >= 0.6 is 11.6 Å². The minimum Gasteiger partial charge on any atom is -0.455 e. The number of carbonyl (C=O) groups is 2. The van der Waals surface area contributed by atoms with Crippen molar-refractivity contribution in [2.75, 3.05) is 10.2 Å². The first-order valence-electron chi connectivity index (χ1n) is 11.5. The first kappa shape index (κ1) is 23.9. The van der Waals surface area contributed by atoms with Crippen LogP contribution < -0.4 is 15.0 Å². The lowest BCUT2D eigenvalue weighted by atomic mass is 10.0. The van der Waals surface area contributed by atoms with Crippen LogP contribution in [-0.2, 0) is 16.1 Å². The van der Waals surface area contributed by atoms with E-state index in [-0.39, 0.29) is 17.7 Å². The molecule has 0 saturated carbocycles. The van der Waals surface area contributed by atoms with E-state index in [9.17, 15) is 14.9 Å². The average Bonchev–Trinajstić information content (AvgIpc) is 3.19. The lowest BCUT2D eigenvalue weighted by Crippen LogP contribution is -2.27. The van der Waals surface area contributed by atoms with E-state index >= 15 is 0 Å². The lowest BCUT2D eigenvalue weighted by molar-refractivity contribution is -0.114. The Kier molecular flexibility index (Phi) is 6.71. The molecule has 4 aromatic rings. The monoisotopic (exact) mass is 505 g/mol. The SMILES string of the molecule is N#CC(C(=O)Nc1ccccc1Oc1ccccc1)=C1C(=O)N(Cc2ccccc2Cl)c2ccccc21. The number of nitriles is 1. The normalized spacial score (nSPS) is 13.5. The van der Waals surface area contributed by atoms with Gasteiger partial charge in [-0.15, -0.1) is 0 Å². The fraction of sp³-hybridized carbons (Fsp3) is 0.0333. The summed E-state index contributed by atoms with van der Waals surface area (Å²) in [4.78, 5) is 28.5. The zero-order valence-corrected chi connectivity index (χ0v) is 20.3. The van der Waals surface area contributed by atoms with Gasteiger partial charge in [0.25, 0.3) is 11.8 Å². The summed E-state index contributed by atoms with van der Waals surface area (Å²) in [6, 6.07) is 32.3. The first-order valence-corrected chi connectivity index (χ1v) is 11.9. The largest absolute Gasteiger partial charge is 0.455 e. The second-order valence-electron chi connectivity index (χ2n) is 8.23. The number of amides is 2. The Balaban J connectivity index is 1.49. The van der Waals surface area contributed by atoms with Gasteiger partial charge in [-0.05, 0) is 42.0 Å². The van der Waals surface area contributed by atoms with Crippen LogP contribution in [0.4, 0.5) is 11.4 Å². The van der Waals surface area contributed by atoms with Gasteiger partial charge in [0.2, 0.25) is 0 Å². The minimum atomic E-state index is -0.704. The van der Waals surface area contributed by atoms with Crippen molar-refractivity contribution in [3.05, 3.63) is 125 Å². The number of nitrogens with zero attached hydrogens (tertiary/aromatic N) is 2. The maximum Gasteiger partial charge on any atom is 0.267 e. The predicted molar refractivity (Wildman–Crippen MR) is 143 cm³/mol. The molecule has 1 N–H and O–H groups in total. The Bertz CT molecular complexity index is 1570. The predicted octanol–water partition coefficient (Wildman–Crippen LogP) is 6.59. The summed E-state index contributed by atoms with van der Waals surface area (Å²) in [5.41, 5.74) is 2.01. The molecular formula is C30H20ClN3O3. The van der Waals surface area contributed by atoms with Gasteiger partial charge in [-0.25, -0.2) is 0 Å². The molecule has 0 spiro atoms. The van der Waals surface area contributed by atoms with Crippen molar-refractivity contribution in [1.82, 2.24) is 0 Å². The molecule has 37 heavy (non-hydrogen) atoms. The van der Waals surface area contributed by atoms with Crippen LogP contribution in [0, 0.1) is 11.3 Å². The highest BCUT2D eigenvalue weighted by Gasteiger charge is 2.36. The fourth-order valence-corrected chi connectivity index (χ4v) is 4.35. The van der Waals surface area contributed by atoms with Gasteiger partial charge < -0.3 is 15.0 Å². The summed E-state index contributed by atoms with van der Waals surface area (Å²) in [5.74, 6) is -0.146. The molecule has 2 amide bonds. The van der Waals surface area contributed by atoms with Crippen molar-refractivity contribution in [2.45, 2.75) is 6.54 Å². The molecule has 180 valence electrons. The quantitative estimate of drug-likeness (QED) is 0.236. The number of para-hydroxylation sites is 4. The third-order valence-corrected chi connectivity index (χ3v) is 6.27. The van der Waals surface area contributed by atoms with E-state index in [1.54, 1.807) is 66.7 Å². The van der Waals surface area contributed by atoms with E-state index in [0.29, 0.717) is 33.5 Å². The number of hydrogen-bond acceptors (Lipinski definition) is 4. The first-order chi connectivity index (χ1) is 18.1. The smallest absolute Gasteiger partial charge is 0.267 e. The number of nitrogens with one attached hydrogen (secondary N) is 1. The molecule has 0 fully saturated rings. The number of anilines is 2. The maximum absolute atomic E-state index is 13.6. The highest BCUT2D eigenvalue weighted by Crippen LogP contribution is 2.40. The molecule has 0 radical (unpaired) electrons. The summed E-state index contributed by atoms with van der Waals surface area (Å²) in [6.45, 7) is 0.201. The lowest BCUT2D eigenvalue weighted by Gasteiger charge is -2.18. The molecule has 0 bridgehead atoms. The van der Waals surface area contributed by atoms with Crippen molar-refractivity contribution < 1.29 is 14.3 Å². The zero-order valence-electron chi connectivity index (χ0n) is 19.5. The molecule has 4 aromatic carbocycles. The van der Waals surface area contributed by atoms with Crippen molar-refractivity contribution in [3.8, 4) is 17.6 Å². The van der Waals surface area contributed by atoms with Crippen LogP contribution in [0.15, 0.2) is 109 Å². The van der Waals surface area contributed by atoms with E-state index in [0.717, 1.165) is 5.56 Å². The van der Waals surface area contributed by atoms with Gasteiger partial charge in [0.1, 0.15) is 17.4 Å². The van der Waals surface area contributed by atoms with Gasteiger partial charge in [-0.3, -0.25) is 9.59 Å². The molecule has 1 aliphatic heterocycles. The van der Waals surface area contributed by atoms with Gasteiger partial charge in [0.05, 0.1) is 23.5 Å². The van der Waals surface area contributed by atoms with E-state index in [1.807, 2.05) is 42.5 Å². The zero-order chi connectivity index (χ0) is 25.8. The standard InChI is InChI=1S/C30H20ClN3O3/c31-24-14-6-4-10-20(24)19-34-26-16-8-5-13-22(26)28(30(34)36)23(18-32)29(35)33-25-15-7-9-17-27(25)37-21-11-2-1-3-12-21/h1-17H,19H2,(H,33,35). The molecule has 1 heterocycles. The number of benzene rings is 4. The molecule has 0 unspecified atom stereocenters. The Morgan fingerprint density at radius 3 is 2.35 bits per heavy atom. The molecule has 6 nitrogen and oxygen atoms in total. The summed E-state index contributed by atoms with van der Waals surface area (Å²) < 4.78 is 5.92. The summed E-state index contributed by atoms with van der Waals surface area (Å²) in [5, 5.41) is 13.3. The Hall–Kier alpha value is -4.86. The topological polar surface area (TPSA) is 82.4 Å². The number of ether oxygens (including phenoxy) is 1. The Morgan fingerprint density at radius 1 is 0.892 bits per heavy atom. The number of fused-ring (bicyclic) bond motifs is 1. The van der Waals surface area contributed by atoms with E-state index in [4.69, 9.17) is 16.3 Å². The molecule has 0 aromatic heterocycles. The number of hydrogen-bond donors (Lipinski definition) is 1. The van der Waals surface area contributed by atoms with Crippen molar-refractivity contribution in [2.24, 2.45) is 0 Å². The Labute approximate surface area is 219 Å². The van der Waals surface area contributed by atoms with Crippen LogP contribution in [0.3, 0.4) is 0 Å². The van der Waals surface area contributed by atoms with Crippen LogP contribution in [0.5, 0.6) is 11.5 Å². The van der Waals surface area contributed by atoms with Gasteiger partial charge in [-0.1, -0.05) is 78.3 Å². The van der Waals surface area contributed by atoms with E-state index < -0.39 is 11.8 Å². The van der Waals surface area contributed by atoms with Crippen molar-refractivity contribution >= 4 is 40.4 Å². The van der Waals surface area contributed by atoms with E-state index in [2.05, 4.69) is 5.32 Å². The van der Waals surface area contributed by atoms with Crippen molar-refractivity contribution in [3.63, 3.8) is 0 Å².